The summed E-state index contributed by atoms with van der Waals surface area (Å²) in [4.78, 5) is 58.4. The van der Waals surface area contributed by atoms with Crippen molar-refractivity contribution in [2.75, 3.05) is 33.7 Å². The molecule has 0 bridgehead atoms. The Kier molecular flexibility index (Phi) is 10.9. The van der Waals surface area contributed by atoms with E-state index in [1.54, 1.807) is 48.5 Å². The molecular weight excluding hydrogens is 487 g/mol. The van der Waals surface area contributed by atoms with E-state index in [4.69, 9.17) is 23.0 Å². The third kappa shape index (κ3) is 10.6. The number of esters is 2. The predicted molar refractivity (Wildman–Crippen MR) is 123 cm³/mol. The molecule has 0 aliphatic carbocycles. The highest BCUT2D eigenvalue weighted by Gasteiger charge is 2.59. The molecule has 0 aromatic rings. The summed E-state index contributed by atoms with van der Waals surface area (Å²) >= 11 is 0. The van der Waals surface area contributed by atoms with Gasteiger partial charge in [0.15, 0.2) is 6.10 Å². The van der Waals surface area contributed by atoms with E-state index in [0.29, 0.717) is 0 Å². The first-order chi connectivity index (χ1) is 15.9. The van der Waals surface area contributed by atoms with Crippen molar-refractivity contribution in [1.29, 1.82) is 0 Å². The van der Waals surface area contributed by atoms with Crippen LogP contribution in [0.25, 0.3) is 0 Å². The summed E-state index contributed by atoms with van der Waals surface area (Å²) in [6.45, 7) is 10.9. The Morgan fingerprint density at radius 1 is 1.11 bits per heavy atom. The maximum absolute atomic E-state index is 12.6. The third-order valence-electron chi connectivity index (χ3n) is 4.67. The fraction of sp³-hybridized carbons (Fsp3) is 0.810. The molecule has 202 valence electrons. The van der Waals surface area contributed by atoms with E-state index in [0.717, 1.165) is 0 Å². The largest absolute Gasteiger partial charge is 0.576 e. The van der Waals surface area contributed by atoms with Crippen molar-refractivity contribution in [3.63, 3.8) is 0 Å². The van der Waals surface area contributed by atoms with Crippen LogP contribution in [0.5, 0.6) is 0 Å². The molecule has 13 nitrogen and oxygen atoms in total. The van der Waals surface area contributed by atoms with Gasteiger partial charge in [-0.25, -0.2) is 4.79 Å². The highest BCUT2D eigenvalue weighted by molar-refractivity contribution is 7.55. The van der Waals surface area contributed by atoms with Crippen molar-refractivity contribution < 1.29 is 51.9 Å². The van der Waals surface area contributed by atoms with Gasteiger partial charge in [0.25, 0.3) is 5.91 Å². The van der Waals surface area contributed by atoms with Crippen molar-refractivity contribution in [1.82, 2.24) is 10.6 Å². The Morgan fingerprint density at radius 2 is 1.74 bits per heavy atom. The van der Waals surface area contributed by atoms with Gasteiger partial charge in [-0.2, -0.15) is 9.42 Å². The Hall–Kier alpha value is -2.05. The van der Waals surface area contributed by atoms with Crippen molar-refractivity contribution in [3.8, 4) is 0 Å². The summed E-state index contributed by atoms with van der Waals surface area (Å²) in [6.07, 6.45) is -2.09. The maximum Gasteiger partial charge on any atom is 0.576 e. The topological polar surface area (TPSA) is 168 Å². The SMILES string of the molecule is COC(=O)CCNC(=O)[C@@H]1O[P+](O)(OCOC(=O)NC(C)(C)COC(=O)C(C)(C)C)OCC1(C)C. The van der Waals surface area contributed by atoms with Crippen molar-refractivity contribution in [2.45, 2.75) is 66.5 Å². The van der Waals surface area contributed by atoms with Crippen LogP contribution in [0.15, 0.2) is 0 Å². The van der Waals surface area contributed by atoms with E-state index < -0.39 is 61.4 Å². The summed E-state index contributed by atoms with van der Waals surface area (Å²) in [7, 11) is -2.75. The second-order valence-electron chi connectivity index (χ2n) is 10.3. The number of nitrogens with one attached hydrogen (secondary N) is 2. The first-order valence-electron chi connectivity index (χ1n) is 11.0. The highest BCUT2D eigenvalue weighted by Crippen LogP contribution is 2.63. The molecule has 1 saturated heterocycles. The molecule has 2 atom stereocenters. The summed E-state index contributed by atoms with van der Waals surface area (Å²) in [5, 5.41) is 5.06. The lowest BCUT2D eigenvalue weighted by Gasteiger charge is -2.36. The van der Waals surface area contributed by atoms with Crippen LogP contribution >= 0.6 is 8.17 Å². The maximum atomic E-state index is 12.6. The number of carbonyl (C=O) groups excluding carboxylic acids is 4. The van der Waals surface area contributed by atoms with E-state index in [2.05, 4.69) is 15.4 Å². The molecule has 1 heterocycles. The lowest BCUT2D eigenvalue weighted by Crippen LogP contribution is -2.51. The van der Waals surface area contributed by atoms with E-state index in [-0.39, 0.29) is 26.2 Å². The summed E-state index contributed by atoms with van der Waals surface area (Å²) < 4.78 is 30.5. The number of alkyl carbamates (subject to hydrolysis) is 1. The molecule has 0 radical (unpaired) electrons. The van der Waals surface area contributed by atoms with Gasteiger partial charge in [0.05, 0.1) is 24.5 Å². The zero-order valence-corrected chi connectivity index (χ0v) is 22.5. The van der Waals surface area contributed by atoms with Gasteiger partial charge < -0.3 is 24.8 Å². The molecule has 1 rings (SSSR count). The second-order valence-corrected chi connectivity index (χ2v) is 12.0. The molecule has 1 aliphatic heterocycles. The molecular formula is C21H38N2O11P+. The van der Waals surface area contributed by atoms with Crippen LogP contribution in [-0.4, -0.2) is 74.1 Å². The average Bonchev–Trinajstić information content (AvgIpc) is 2.72. The molecule has 0 spiro atoms. The van der Waals surface area contributed by atoms with Crippen molar-refractivity contribution in [2.24, 2.45) is 10.8 Å². The number of hydrogen-bond donors (Lipinski definition) is 3. The van der Waals surface area contributed by atoms with Crippen LogP contribution in [0.3, 0.4) is 0 Å². The Labute approximate surface area is 206 Å². The standard InChI is InChI=1S/C21H37N2O11P/c1-19(2,3)17(26)30-12-21(6,7)23-18(27)31-13-33-35(28)32-11-20(4,5)15(34-35)16(25)22-10-9-14(24)29-8/h15,28H,9-13H2,1-8H3,(H-,22,23,25,27)/p+1/t15-,35?/m0/s1. The van der Waals surface area contributed by atoms with Gasteiger partial charge in [-0.3, -0.25) is 14.4 Å². The van der Waals surface area contributed by atoms with Crippen LogP contribution in [0.4, 0.5) is 4.79 Å². The van der Waals surface area contributed by atoms with Crippen molar-refractivity contribution >= 4 is 32.1 Å². The summed E-state index contributed by atoms with van der Waals surface area (Å²) in [6, 6.07) is 0. The Morgan fingerprint density at radius 3 is 2.31 bits per heavy atom. The van der Waals surface area contributed by atoms with Gasteiger partial charge in [0, 0.05) is 12.0 Å². The molecule has 1 aliphatic rings. The van der Waals surface area contributed by atoms with Gasteiger partial charge in [-0.15, -0.1) is 9.05 Å². The molecule has 1 unspecified atom stereocenters. The quantitative estimate of drug-likeness (QED) is 0.165. The first kappa shape index (κ1) is 31.0. The fourth-order valence-electron chi connectivity index (χ4n) is 2.54. The van der Waals surface area contributed by atoms with Gasteiger partial charge in [-0.1, -0.05) is 13.8 Å². The van der Waals surface area contributed by atoms with Gasteiger partial charge in [0.1, 0.15) is 13.2 Å². The molecule has 0 saturated carbocycles. The molecule has 35 heavy (non-hydrogen) atoms. The number of amides is 2. The van der Waals surface area contributed by atoms with E-state index in [1.807, 2.05) is 0 Å². The molecule has 1 fully saturated rings. The molecule has 0 aromatic heterocycles. The van der Waals surface area contributed by atoms with E-state index >= 15 is 0 Å². The van der Waals surface area contributed by atoms with Crippen LogP contribution in [0.1, 0.15) is 54.9 Å². The van der Waals surface area contributed by atoms with Crippen LogP contribution < -0.4 is 10.6 Å². The zero-order chi connectivity index (χ0) is 27.1. The normalized spacial score (nSPS) is 22.0. The second kappa shape index (κ2) is 12.3. The fourth-order valence-corrected chi connectivity index (χ4v) is 4.07. The minimum Gasteiger partial charge on any atom is -0.469 e. The van der Waals surface area contributed by atoms with E-state index in [1.165, 1.54) is 7.11 Å². The molecule has 3 N–H and O–H groups in total. The zero-order valence-electron chi connectivity index (χ0n) is 21.6. The Bertz CT molecular complexity index is 782. The van der Waals surface area contributed by atoms with Crippen LogP contribution in [0, 0.1) is 10.8 Å². The number of methoxy groups -OCH3 is 1. The molecule has 14 heteroatoms. The van der Waals surface area contributed by atoms with Crippen molar-refractivity contribution in [3.05, 3.63) is 0 Å². The Balaban J connectivity index is 2.56. The summed E-state index contributed by atoms with van der Waals surface area (Å²) in [5.41, 5.74) is -2.45. The monoisotopic (exact) mass is 525 g/mol. The lowest BCUT2D eigenvalue weighted by atomic mass is 9.87. The third-order valence-corrected chi connectivity index (χ3v) is 6.03. The number of ether oxygens (including phenoxy) is 3. The van der Waals surface area contributed by atoms with Gasteiger partial charge in [0.2, 0.25) is 6.79 Å². The van der Waals surface area contributed by atoms with E-state index in [9.17, 15) is 24.1 Å². The predicted octanol–water partition coefficient (Wildman–Crippen LogP) is 1.85. The molecule has 0 aromatic carbocycles. The minimum absolute atomic E-state index is 0.0180. The number of carbonyl (C=O) groups is 4. The highest BCUT2D eigenvalue weighted by atomic mass is 31.2. The van der Waals surface area contributed by atoms with Crippen LogP contribution in [0.2, 0.25) is 0 Å². The minimum atomic E-state index is -3.99. The first-order valence-corrected chi connectivity index (χ1v) is 12.5. The molecule has 2 amide bonds. The summed E-state index contributed by atoms with van der Waals surface area (Å²) in [5.74, 6) is -1.49. The number of hydrogen-bond acceptors (Lipinski definition) is 11. The van der Waals surface area contributed by atoms with Gasteiger partial charge >= 0.3 is 26.2 Å². The van der Waals surface area contributed by atoms with Crippen LogP contribution in [-0.2, 0) is 42.2 Å². The smallest absolute Gasteiger partial charge is 0.469 e. The lowest BCUT2D eigenvalue weighted by molar-refractivity contribution is -0.154. The van der Waals surface area contributed by atoms with Gasteiger partial charge in [-0.05, 0) is 34.6 Å². The average molecular weight is 526 g/mol. The number of rotatable bonds is 10.